The summed E-state index contributed by atoms with van der Waals surface area (Å²) in [5.74, 6) is 3.39. The van der Waals surface area contributed by atoms with Crippen molar-refractivity contribution in [2.45, 2.75) is 5.79 Å². The van der Waals surface area contributed by atoms with Crippen molar-refractivity contribution in [2.75, 3.05) is 11.5 Å². The highest BCUT2D eigenvalue weighted by molar-refractivity contribution is 6.30. The Morgan fingerprint density at radius 2 is 1.14 bits per heavy atom. The summed E-state index contributed by atoms with van der Waals surface area (Å²) in [6.45, 7) is 0. The monoisotopic (exact) mass is 790 g/mol. The molecule has 5 aromatic heterocycles. The number of nitrogens with one attached hydrogen (secondary N) is 2. The van der Waals surface area contributed by atoms with Crippen molar-refractivity contribution in [1.82, 2.24) is 50.9 Å². The molecule has 58 heavy (non-hydrogen) atoms. The van der Waals surface area contributed by atoms with Crippen LogP contribution in [0.5, 0.6) is 0 Å². The fraction of sp³-hybridized carbons (Fsp3) is 0.0303. The first-order chi connectivity index (χ1) is 27.6. The lowest BCUT2D eigenvalue weighted by Crippen LogP contribution is -2.40. The molecule has 9 aromatic rings. The van der Waals surface area contributed by atoms with E-state index in [4.69, 9.17) is 31.8 Å². The van der Waals surface area contributed by atoms with E-state index in [1.807, 2.05) is 42.5 Å². The molecule has 0 atom stereocenters. The molecule has 0 unspecified atom stereocenters. The number of aromatic nitrogens is 10. The predicted molar refractivity (Wildman–Crippen MR) is 197 cm³/mol. The van der Waals surface area contributed by atoms with E-state index < -0.39 is 17.4 Å². The van der Waals surface area contributed by atoms with Gasteiger partial charge in [-0.2, -0.15) is 10.3 Å². The molecule has 0 amide bonds. The lowest BCUT2D eigenvalue weighted by atomic mass is 10.1. The first-order valence-electron chi connectivity index (χ1n) is 15.9. The largest absolute Gasteiger partial charge is 0.412 e. The molecule has 0 fully saturated rings. The summed E-state index contributed by atoms with van der Waals surface area (Å²) in [7, 11) is 0. The van der Waals surface area contributed by atoms with Gasteiger partial charge in [0.05, 0.1) is 0 Å². The van der Waals surface area contributed by atoms with Gasteiger partial charge < -0.3 is 27.2 Å². The van der Waals surface area contributed by atoms with Crippen molar-refractivity contribution in [3.63, 3.8) is 0 Å². The average molecular weight is 791 g/mol. The smallest absolute Gasteiger partial charge is 0.295 e. The van der Waals surface area contributed by atoms with Crippen molar-refractivity contribution in [2.24, 2.45) is 16.8 Å². The molecule has 0 radical (unpaired) electrons. The zero-order valence-corrected chi connectivity index (χ0v) is 29.1. The van der Waals surface area contributed by atoms with Crippen molar-refractivity contribution in [3.05, 3.63) is 95.2 Å². The van der Waals surface area contributed by atoms with Gasteiger partial charge in [0.25, 0.3) is 5.79 Å². The van der Waals surface area contributed by atoms with Gasteiger partial charge in [0.2, 0.25) is 51.6 Å². The minimum Gasteiger partial charge on any atom is -0.412 e. The Hall–Kier alpha value is -8.36. The Morgan fingerprint density at radius 1 is 0.621 bits per heavy atom. The third kappa shape index (κ3) is 6.67. The molecular formula is C33H26N16O9. The molecule has 2 aliphatic carbocycles. The zero-order valence-electron chi connectivity index (χ0n) is 29.1. The van der Waals surface area contributed by atoms with Gasteiger partial charge >= 0.3 is 0 Å². The molecular weight excluding hydrogens is 764 g/mol. The van der Waals surface area contributed by atoms with E-state index in [0.29, 0.717) is 50.6 Å². The first-order valence-corrected chi connectivity index (χ1v) is 15.9. The molecule has 0 spiro atoms. The number of hydrazine groups is 1. The summed E-state index contributed by atoms with van der Waals surface area (Å²) in [6.07, 6.45) is 0. The fourth-order valence-electron chi connectivity index (χ4n) is 5.72. The number of benzene rings is 3. The number of H-pyrrole nitrogens is 1. The third-order valence-electron chi connectivity index (χ3n) is 8.27. The Morgan fingerprint density at radius 3 is 1.71 bits per heavy atom. The predicted octanol–water partition coefficient (Wildman–Crippen LogP) is 1.11. The lowest BCUT2D eigenvalue weighted by molar-refractivity contribution is -0.0857. The van der Waals surface area contributed by atoms with Crippen molar-refractivity contribution in [1.29, 1.82) is 5.53 Å². The van der Waals surface area contributed by atoms with Crippen LogP contribution in [0.1, 0.15) is 36.8 Å². The van der Waals surface area contributed by atoms with Crippen molar-refractivity contribution in [3.8, 4) is 11.3 Å². The number of ketones is 3. The van der Waals surface area contributed by atoms with E-state index in [1.165, 1.54) is 12.1 Å². The number of Topliss-reactive ketones (excluding diaryl/α,β-unsaturated/α-hetero) is 2. The Balaban J connectivity index is 0.000000133. The van der Waals surface area contributed by atoms with Gasteiger partial charge in [-0.3, -0.25) is 30.7 Å². The van der Waals surface area contributed by atoms with Crippen LogP contribution >= 0.6 is 0 Å². The number of carbonyl (C=O) groups is 3. The van der Waals surface area contributed by atoms with Crippen LogP contribution in [0.4, 0.5) is 17.3 Å². The molecule has 5 heterocycles. The quantitative estimate of drug-likeness (QED) is 0.0379. The van der Waals surface area contributed by atoms with Crippen LogP contribution in [0.2, 0.25) is 0 Å². The van der Waals surface area contributed by atoms with Crippen molar-refractivity contribution >= 4 is 79.1 Å². The van der Waals surface area contributed by atoms with Gasteiger partial charge in [0, 0.05) is 33.0 Å². The van der Waals surface area contributed by atoms with Gasteiger partial charge in [-0.15, -0.1) is 0 Å². The average Bonchev–Trinajstić information content (AvgIpc) is 4.10. The molecule has 0 saturated heterocycles. The van der Waals surface area contributed by atoms with E-state index in [-0.39, 0.29) is 39.7 Å². The van der Waals surface area contributed by atoms with E-state index in [1.54, 1.807) is 18.2 Å². The second-order valence-corrected chi connectivity index (χ2v) is 11.5. The number of nitrogens with zero attached hydrogens (tertiary/aromatic N) is 10. The molecule has 2 aliphatic rings. The van der Waals surface area contributed by atoms with E-state index in [0.717, 1.165) is 16.3 Å². The van der Waals surface area contributed by atoms with Crippen LogP contribution in [0.25, 0.3) is 55.7 Å². The molecule has 25 heteroatoms. The summed E-state index contributed by atoms with van der Waals surface area (Å²) < 4.78 is 13.3. The van der Waals surface area contributed by atoms with E-state index in [2.05, 4.69) is 76.9 Å². The number of hydrogen-bond acceptors (Lipinski definition) is 23. The van der Waals surface area contributed by atoms with E-state index >= 15 is 0 Å². The number of carbonyl (C=O) groups excluding carboxylic acids is 3. The summed E-state index contributed by atoms with van der Waals surface area (Å²) in [4.78, 5) is 51.6. The topological polar surface area (TPSA) is 435 Å². The minimum absolute atomic E-state index is 0. The maximum absolute atomic E-state index is 12.1. The second-order valence-electron chi connectivity index (χ2n) is 11.5. The van der Waals surface area contributed by atoms with E-state index in [9.17, 15) is 14.4 Å². The summed E-state index contributed by atoms with van der Waals surface area (Å²) in [5, 5.41) is 43.4. The van der Waals surface area contributed by atoms with Gasteiger partial charge in [0.1, 0.15) is 28.1 Å². The number of aromatic amines is 1. The Bertz CT molecular complexity index is 2950. The molecule has 292 valence electrons. The van der Waals surface area contributed by atoms with Crippen LogP contribution in [0.3, 0.4) is 0 Å². The number of aliphatic hydroxyl groups is 2. The summed E-state index contributed by atoms with van der Waals surface area (Å²) in [6, 6.07) is 20.8. The molecule has 0 aliphatic heterocycles. The third-order valence-corrected chi connectivity index (χ3v) is 8.27. The molecule has 0 bridgehead atoms. The second kappa shape index (κ2) is 15.8. The lowest BCUT2D eigenvalue weighted by Gasteiger charge is -2.08. The van der Waals surface area contributed by atoms with Crippen LogP contribution in [0, 0.1) is 5.53 Å². The maximum atomic E-state index is 12.1. The zero-order chi connectivity index (χ0) is 40.4. The highest BCUT2D eigenvalue weighted by atomic mass is 16.6. The van der Waals surface area contributed by atoms with Gasteiger partial charge in [0.15, 0.2) is 0 Å². The molecule has 25 nitrogen and oxygen atoms in total. The molecule has 0 saturated carbocycles. The maximum Gasteiger partial charge on any atom is 0.295 e. The normalized spacial score (nSPS) is 12.8. The van der Waals surface area contributed by atoms with Crippen LogP contribution in [-0.4, -0.2) is 89.7 Å². The fourth-order valence-corrected chi connectivity index (χ4v) is 5.72. The molecule has 4 aromatic carbocycles. The van der Waals surface area contributed by atoms with Crippen molar-refractivity contribution < 1.29 is 44.0 Å². The Labute approximate surface area is 319 Å². The standard InChI is InChI=1S/C11H6N6O.C11H4N4O2.C9H6O4.C2H4N4O.H4N2.H2O/c12-15-8-6-4-2-1-3-5(6)7-9(8)14-11-10(13-7)16-18-17-11;16-9-6-4-2-1-3-5(6)7-8(9)13-11-10(12-7)14-17-15-11;10-7-5-3-1-2-4-6(5)8(11)9(7,12)13;3-1-2(4)6-7-5-1;1-2;/h1-4,12H,(H,14,17);1-4H;1-4,12-13H;(H2,3,5)(H2,4,6);1-2H2;1H2. The van der Waals surface area contributed by atoms with Gasteiger partial charge in [-0.1, -0.05) is 72.8 Å². The Kier molecular flexibility index (Phi) is 10.7. The number of nitrogens with two attached hydrogens (primary N) is 4. The van der Waals surface area contributed by atoms with Crippen LogP contribution in [0.15, 0.2) is 91.8 Å². The highest BCUT2D eigenvalue weighted by Gasteiger charge is 2.50. The SMILES string of the molecule is N=Nc1c2ccccc2c2nc3no[nH]c3nc12.NN.Nc1nonc1N.O.O=C1c2ccccc2-c2nc3nonc3nc21.O=C1c2ccccc2C(=O)C1(O)O. The number of rotatable bonds is 1. The summed E-state index contributed by atoms with van der Waals surface area (Å²) >= 11 is 0. The van der Waals surface area contributed by atoms with Gasteiger partial charge in [-0.05, 0) is 25.8 Å². The minimum atomic E-state index is -2.86. The van der Waals surface area contributed by atoms with Gasteiger partial charge in [-0.25, -0.2) is 34.7 Å². The number of anilines is 2. The first kappa shape index (κ1) is 39.3. The molecule has 14 N–H and O–H groups in total. The van der Waals surface area contributed by atoms with Crippen LogP contribution < -0.4 is 23.2 Å². The number of hydrogen-bond donors (Lipinski definition) is 8. The highest BCUT2D eigenvalue weighted by Crippen LogP contribution is 2.38. The van der Waals surface area contributed by atoms with Crippen LogP contribution in [-0.2, 0) is 0 Å². The number of nitrogen functional groups attached to an aromatic ring is 2. The summed E-state index contributed by atoms with van der Waals surface area (Å²) in [5.41, 5.74) is 23.0. The molecule has 11 rings (SSSR count). The number of fused-ring (bicyclic) bond motifs is 9.